The van der Waals surface area contributed by atoms with E-state index in [1.807, 2.05) is 0 Å². The highest BCUT2D eigenvalue weighted by Crippen LogP contribution is 2.52. The van der Waals surface area contributed by atoms with Gasteiger partial charge in [-0.2, -0.15) is 0 Å². The zero-order valence-corrected chi connectivity index (χ0v) is 9.28. The Balaban J connectivity index is 1.52. The summed E-state index contributed by atoms with van der Waals surface area (Å²) in [4.78, 5) is 9.85. The molecule has 1 saturated carbocycles. The lowest BCUT2D eigenvalue weighted by Gasteiger charge is -2.43. The van der Waals surface area contributed by atoms with Crippen LogP contribution in [0.2, 0.25) is 0 Å². The molecule has 15 heavy (non-hydrogen) atoms. The van der Waals surface area contributed by atoms with Crippen LogP contribution in [-0.4, -0.2) is 48.0 Å². The van der Waals surface area contributed by atoms with Gasteiger partial charge in [0.2, 0.25) is 0 Å². The number of nitrogens with zero attached hydrogens (tertiary/aromatic N) is 3. The van der Waals surface area contributed by atoms with Gasteiger partial charge in [-0.15, -0.1) is 0 Å². The first-order valence-corrected chi connectivity index (χ1v) is 6.42. The maximum atomic E-state index is 4.75. The van der Waals surface area contributed by atoms with Gasteiger partial charge in [0.15, 0.2) is 5.96 Å². The monoisotopic (exact) mass is 205 g/mol. The molecule has 0 radical (unpaired) electrons. The molecule has 1 spiro atoms. The summed E-state index contributed by atoms with van der Waals surface area (Å²) < 4.78 is 0. The summed E-state index contributed by atoms with van der Waals surface area (Å²) in [6.45, 7) is 4.88. The van der Waals surface area contributed by atoms with Crippen LogP contribution in [-0.2, 0) is 0 Å². The van der Waals surface area contributed by atoms with Crippen molar-refractivity contribution in [2.45, 2.75) is 38.1 Å². The zero-order valence-electron chi connectivity index (χ0n) is 9.28. The van der Waals surface area contributed by atoms with E-state index in [0.29, 0.717) is 0 Å². The van der Waals surface area contributed by atoms with Crippen molar-refractivity contribution in [2.24, 2.45) is 10.4 Å². The van der Waals surface area contributed by atoms with Crippen LogP contribution in [0.15, 0.2) is 4.99 Å². The van der Waals surface area contributed by atoms with Crippen LogP contribution in [0.1, 0.15) is 32.1 Å². The van der Waals surface area contributed by atoms with E-state index in [4.69, 9.17) is 4.99 Å². The van der Waals surface area contributed by atoms with Gasteiger partial charge >= 0.3 is 0 Å². The van der Waals surface area contributed by atoms with Crippen molar-refractivity contribution < 1.29 is 0 Å². The van der Waals surface area contributed by atoms with Crippen LogP contribution in [0, 0.1) is 5.41 Å². The number of likely N-dealkylation sites (tertiary alicyclic amines) is 1. The quantitative estimate of drug-likeness (QED) is 0.594. The second-order valence-electron chi connectivity index (χ2n) is 5.80. The molecule has 3 heterocycles. The SMILES string of the molecule is C1CN(C2=NCC3CCN23)CC2(C1)CC2. The van der Waals surface area contributed by atoms with Gasteiger partial charge in [0, 0.05) is 19.6 Å². The van der Waals surface area contributed by atoms with Gasteiger partial charge in [0.05, 0.1) is 12.6 Å². The van der Waals surface area contributed by atoms with E-state index in [1.165, 1.54) is 57.7 Å². The summed E-state index contributed by atoms with van der Waals surface area (Å²) >= 11 is 0. The standard InChI is InChI=1S/C12H19N3/c1-3-12(4-5-12)9-14(6-1)11-13-8-10-2-7-15(10)11/h10H,1-9H2. The van der Waals surface area contributed by atoms with Crippen molar-refractivity contribution >= 4 is 5.96 Å². The van der Waals surface area contributed by atoms with E-state index < -0.39 is 0 Å². The lowest BCUT2D eigenvalue weighted by Crippen LogP contribution is -2.55. The molecule has 0 aromatic heterocycles. The molecule has 0 bridgehead atoms. The van der Waals surface area contributed by atoms with E-state index in [2.05, 4.69) is 9.80 Å². The van der Waals surface area contributed by atoms with Crippen LogP contribution in [0.4, 0.5) is 0 Å². The highest BCUT2D eigenvalue weighted by molar-refractivity contribution is 5.83. The predicted octanol–water partition coefficient (Wildman–Crippen LogP) is 1.31. The van der Waals surface area contributed by atoms with Crippen molar-refractivity contribution in [2.75, 3.05) is 26.2 Å². The van der Waals surface area contributed by atoms with Crippen LogP contribution < -0.4 is 0 Å². The first-order valence-electron chi connectivity index (χ1n) is 6.42. The fourth-order valence-electron chi connectivity index (χ4n) is 3.42. The Hall–Kier alpha value is -0.730. The summed E-state index contributed by atoms with van der Waals surface area (Å²) in [5.41, 5.74) is 0.726. The van der Waals surface area contributed by atoms with Gasteiger partial charge in [0.25, 0.3) is 0 Å². The first-order chi connectivity index (χ1) is 7.36. The van der Waals surface area contributed by atoms with Crippen LogP contribution >= 0.6 is 0 Å². The van der Waals surface area contributed by atoms with E-state index in [1.54, 1.807) is 0 Å². The summed E-state index contributed by atoms with van der Waals surface area (Å²) in [5.74, 6) is 1.34. The zero-order chi connectivity index (χ0) is 9.88. The molecule has 2 saturated heterocycles. The molecule has 0 N–H and O–H groups in total. The molecule has 1 unspecified atom stereocenters. The minimum absolute atomic E-state index is 0.726. The van der Waals surface area contributed by atoms with Crippen LogP contribution in [0.3, 0.4) is 0 Å². The second-order valence-corrected chi connectivity index (χ2v) is 5.80. The number of hydrogen-bond acceptors (Lipinski definition) is 3. The Morgan fingerprint density at radius 2 is 2.13 bits per heavy atom. The molecule has 3 fully saturated rings. The molecule has 1 atom stereocenters. The second kappa shape index (κ2) is 2.69. The third kappa shape index (κ3) is 1.15. The Bertz CT molecular complexity index is 319. The van der Waals surface area contributed by atoms with Gasteiger partial charge in [-0.05, 0) is 37.5 Å². The lowest BCUT2D eigenvalue weighted by atomic mass is 9.95. The summed E-state index contributed by atoms with van der Waals surface area (Å²) in [7, 11) is 0. The number of piperidine rings is 1. The highest BCUT2D eigenvalue weighted by atomic mass is 15.4. The average molecular weight is 205 g/mol. The van der Waals surface area contributed by atoms with E-state index in [9.17, 15) is 0 Å². The van der Waals surface area contributed by atoms with Crippen molar-refractivity contribution in [1.29, 1.82) is 0 Å². The largest absolute Gasteiger partial charge is 0.342 e. The number of rotatable bonds is 0. The molecule has 3 heteroatoms. The molecule has 4 aliphatic rings. The Kier molecular flexibility index (Phi) is 1.51. The van der Waals surface area contributed by atoms with Gasteiger partial charge in [-0.25, -0.2) is 0 Å². The Morgan fingerprint density at radius 3 is 2.80 bits per heavy atom. The molecule has 3 nitrogen and oxygen atoms in total. The molecule has 0 aromatic carbocycles. The number of aliphatic imine (C=N–C) groups is 1. The summed E-state index contributed by atoms with van der Waals surface area (Å²) in [6, 6.07) is 0.775. The smallest absolute Gasteiger partial charge is 0.197 e. The maximum Gasteiger partial charge on any atom is 0.197 e. The van der Waals surface area contributed by atoms with Crippen molar-refractivity contribution in [3.63, 3.8) is 0 Å². The third-order valence-corrected chi connectivity index (χ3v) is 4.75. The average Bonchev–Trinajstić information content (AvgIpc) is 2.87. The Morgan fingerprint density at radius 1 is 1.20 bits per heavy atom. The molecule has 0 amide bonds. The number of fused-ring (bicyclic) bond motifs is 1. The number of hydrogen-bond donors (Lipinski definition) is 0. The molecule has 0 aromatic rings. The van der Waals surface area contributed by atoms with Gasteiger partial charge < -0.3 is 9.80 Å². The van der Waals surface area contributed by atoms with E-state index in [-0.39, 0.29) is 0 Å². The third-order valence-electron chi connectivity index (χ3n) is 4.75. The molecule has 3 aliphatic heterocycles. The van der Waals surface area contributed by atoms with Gasteiger partial charge in [0.1, 0.15) is 0 Å². The first kappa shape index (κ1) is 8.43. The summed E-state index contributed by atoms with van der Waals surface area (Å²) in [5, 5.41) is 0. The predicted molar refractivity (Wildman–Crippen MR) is 59.9 cm³/mol. The Labute approximate surface area is 91.1 Å². The molecule has 1 aliphatic carbocycles. The van der Waals surface area contributed by atoms with Gasteiger partial charge in [-0.1, -0.05) is 0 Å². The van der Waals surface area contributed by atoms with Gasteiger partial charge in [-0.3, -0.25) is 4.99 Å². The highest BCUT2D eigenvalue weighted by Gasteiger charge is 2.48. The fraction of sp³-hybridized carbons (Fsp3) is 0.917. The van der Waals surface area contributed by atoms with Crippen molar-refractivity contribution in [1.82, 2.24) is 9.80 Å². The lowest BCUT2D eigenvalue weighted by molar-refractivity contribution is 0.162. The molecule has 82 valence electrons. The van der Waals surface area contributed by atoms with Crippen LogP contribution in [0.25, 0.3) is 0 Å². The minimum Gasteiger partial charge on any atom is -0.342 e. The van der Waals surface area contributed by atoms with Crippen molar-refractivity contribution in [3.05, 3.63) is 0 Å². The fourth-order valence-corrected chi connectivity index (χ4v) is 3.42. The molecular formula is C12H19N3. The van der Waals surface area contributed by atoms with Crippen LogP contribution in [0.5, 0.6) is 0 Å². The van der Waals surface area contributed by atoms with Crippen molar-refractivity contribution in [3.8, 4) is 0 Å². The summed E-state index contributed by atoms with van der Waals surface area (Å²) in [6.07, 6.45) is 7.17. The normalized spacial score (nSPS) is 36.3. The maximum absolute atomic E-state index is 4.75. The minimum atomic E-state index is 0.726. The molecular weight excluding hydrogens is 186 g/mol. The number of guanidine groups is 1. The molecule has 4 rings (SSSR count). The topological polar surface area (TPSA) is 18.8 Å². The van der Waals surface area contributed by atoms with E-state index >= 15 is 0 Å². The van der Waals surface area contributed by atoms with E-state index in [0.717, 1.165) is 18.0 Å².